The van der Waals surface area contributed by atoms with E-state index in [1.807, 2.05) is 24.3 Å². The molecule has 1 aliphatic carbocycles. The van der Waals surface area contributed by atoms with Crippen LogP contribution in [0.25, 0.3) is 44.2 Å². The first-order valence-corrected chi connectivity index (χ1v) is 8.80. The van der Waals surface area contributed by atoms with Crippen LogP contribution < -0.4 is 5.43 Å². The monoisotopic (exact) mass is 386 g/mol. The van der Waals surface area contributed by atoms with Crippen molar-refractivity contribution in [2.75, 3.05) is 0 Å². The van der Waals surface area contributed by atoms with Crippen LogP contribution in [0.5, 0.6) is 23.0 Å². The van der Waals surface area contributed by atoms with Crippen LogP contribution in [0.2, 0.25) is 0 Å². The molecule has 29 heavy (non-hydrogen) atoms. The minimum atomic E-state index is -0.614. The molecule has 0 unspecified atom stereocenters. The highest BCUT2D eigenvalue weighted by atomic mass is 16.3. The number of fused-ring (bicyclic) bond motifs is 3. The van der Waals surface area contributed by atoms with Crippen molar-refractivity contribution >= 4 is 21.7 Å². The van der Waals surface area contributed by atoms with E-state index in [2.05, 4.69) is 0 Å². The lowest BCUT2D eigenvalue weighted by molar-refractivity contribution is 0.404. The van der Waals surface area contributed by atoms with Crippen molar-refractivity contribution in [2.24, 2.45) is 0 Å². The maximum absolute atomic E-state index is 12.0. The molecule has 3 aromatic rings. The van der Waals surface area contributed by atoms with E-state index in [-0.39, 0.29) is 28.6 Å². The van der Waals surface area contributed by atoms with Gasteiger partial charge in [-0.25, -0.2) is 0 Å². The average Bonchev–Trinajstić information content (AvgIpc) is 2.70. The first kappa shape index (κ1) is 16.9. The average molecular weight is 386 g/mol. The summed E-state index contributed by atoms with van der Waals surface area (Å²) in [5.74, 6) is -1.05. The van der Waals surface area contributed by atoms with Gasteiger partial charge in [-0.15, -0.1) is 0 Å². The molecular formula is C23H14O6. The highest BCUT2D eigenvalue weighted by Gasteiger charge is 2.23. The number of phenolic OH excluding ortho intramolecular Hbond substituents is 4. The molecule has 0 fully saturated rings. The Bertz CT molecular complexity index is 1460. The van der Waals surface area contributed by atoms with E-state index in [1.54, 1.807) is 12.1 Å². The normalized spacial score (nSPS) is 11.4. The number of hydrogen-bond acceptors (Lipinski definition) is 6. The second-order valence-electron chi connectivity index (χ2n) is 6.81. The van der Waals surface area contributed by atoms with Crippen molar-refractivity contribution in [3.8, 4) is 45.4 Å². The van der Waals surface area contributed by atoms with Gasteiger partial charge in [0.1, 0.15) is 17.1 Å². The van der Waals surface area contributed by atoms with Crippen molar-refractivity contribution < 1.29 is 24.8 Å². The van der Waals surface area contributed by atoms with Gasteiger partial charge in [-0.1, -0.05) is 30.3 Å². The summed E-state index contributed by atoms with van der Waals surface area (Å²) in [6, 6.07) is 15.8. The third-order valence-electron chi connectivity index (χ3n) is 5.05. The Labute approximate surface area is 163 Å². The standard InChI is InChI=1S/C23H14O6/c24-15-6-5-11-3-1-2-4-12(11)23(15)22-13-7-16(25)18(27)9-20(13)29-21-10-19(28)17(26)8-14(21)22/h1-10,24-27H. The predicted octanol–water partition coefficient (Wildman–Crippen LogP) is 4.54. The summed E-state index contributed by atoms with van der Waals surface area (Å²) in [7, 11) is 0. The van der Waals surface area contributed by atoms with Gasteiger partial charge in [0.05, 0.1) is 0 Å². The maximum atomic E-state index is 12.0. The second-order valence-corrected chi connectivity index (χ2v) is 6.81. The summed E-state index contributed by atoms with van der Waals surface area (Å²) < 4.78 is 5.77. The summed E-state index contributed by atoms with van der Waals surface area (Å²) in [4.78, 5) is 12.0. The molecule has 3 aromatic carbocycles. The van der Waals surface area contributed by atoms with Crippen LogP contribution in [-0.2, 0) is 0 Å². The highest BCUT2D eigenvalue weighted by Crippen LogP contribution is 2.48. The lowest BCUT2D eigenvalue weighted by atomic mass is 9.89. The van der Waals surface area contributed by atoms with Crippen LogP contribution in [0.15, 0.2) is 69.9 Å². The molecule has 1 aliphatic heterocycles. The van der Waals surface area contributed by atoms with E-state index >= 15 is 0 Å². The topological polar surface area (TPSA) is 111 Å². The van der Waals surface area contributed by atoms with Gasteiger partial charge in [-0.2, -0.15) is 0 Å². The summed E-state index contributed by atoms with van der Waals surface area (Å²) in [6.45, 7) is 0. The van der Waals surface area contributed by atoms with Gasteiger partial charge in [-0.05, 0) is 29.0 Å². The summed E-state index contributed by atoms with van der Waals surface area (Å²) in [5.41, 5.74) is 0.890. The van der Waals surface area contributed by atoms with E-state index in [0.29, 0.717) is 22.1 Å². The van der Waals surface area contributed by atoms with Crippen molar-refractivity contribution in [3.63, 3.8) is 0 Å². The zero-order valence-electron chi connectivity index (χ0n) is 14.9. The molecule has 142 valence electrons. The number of phenols is 4. The van der Waals surface area contributed by atoms with E-state index in [9.17, 15) is 25.2 Å². The van der Waals surface area contributed by atoms with Crippen LogP contribution in [0, 0.1) is 0 Å². The van der Waals surface area contributed by atoms with Crippen LogP contribution in [0.4, 0.5) is 0 Å². The maximum Gasteiger partial charge on any atom is 0.223 e. The van der Waals surface area contributed by atoms with E-state index in [1.165, 1.54) is 18.2 Å². The summed E-state index contributed by atoms with van der Waals surface area (Å²) >= 11 is 0. The Morgan fingerprint density at radius 2 is 1.41 bits per heavy atom. The predicted molar refractivity (Wildman–Crippen MR) is 109 cm³/mol. The second kappa shape index (κ2) is 5.90. The molecule has 6 nitrogen and oxygen atoms in total. The van der Waals surface area contributed by atoms with Crippen LogP contribution in [-0.4, -0.2) is 20.4 Å². The molecule has 1 heterocycles. The Kier molecular flexibility index (Phi) is 3.45. The smallest absolute Gasteiger partial charge is 0.223 e. The van der Waals surface area contributed by atoms with Gasteiger partial charge in [0.2, 0.25) is 5.43 Å². The third kappa shape index (κ3) is 2.46. The lowest BCUT2D eigenvalue weighted by Crippen LogP contribution is -2.01. The summed E-state index contributed by atoms with van der Waals surface area (Å²) in [6.07, 6.45) is 0. The number of rotatable bonds is 1. The van der Waals surface area contributed by atoms with Gasteiger partial charge in [-0.3, -0.25) is 4.79 Å². The van der Waals surface area contributed by atoms with Gasteiger partial charge in [0, 0.05) is 34.2 Å². The Morgan fingerprint density at radius 1 is 0.655 bits per heavy atom. The number of benzene rings is 4. The van der Waals surface area contributed by atoms with Crippen molar-refractivity contribution in [1.29, 1.82) is 0 Å². The molecule has 0 spiro atoms. The third-order valence-corrected chi connectivity index (χ3v) is 5.05. The molecule has 2 aliphatic rings. The molecule has 0 aromatic heterocycles. The van der Waals surface area contributed by atoms with Crippen LogP contribution in [0.1, 0.15) is 0 Å². The van der Waals surface area contributed by atoms with Crippen LogP contribution >= 0.6 is 0 Å². The fourth-order valence-electron chi connectivity index (χ4n) is 3.72. The molecule has 0 saturated carbocycles. The Hall–Kier alpha value is -4.19. The van der Waals surface area contributed by atoms with E-state index in [4.69, 9.17) is 4.42 Å². The number of aromatic hydroxyl groups is 4. The Morgan fingerprint density at radius 3 is 2.24 bits per heavy atom. The SMILES string of the molecule is O=c1cc2oc3cc(O)c(O)cc3c(-c3c(O)ccc4ccccc34)c-2cc1O. The zero-order valence-corrected chi connectivity index (χ0v) is 14.9. The zero-order chi connectivity index (χ0) is 20.3. The van der Waals surface area contributed by atoms with Crippen LogP contribution in [0.3, 0.4) is 0 Å². The van der Waals surface area contributed by atoms with Crippen molar-refractivity contribution in [3.05, 3.63) is 70.9 Å². The van der Waals surface area contributed by atoms with E-state index < -0.39 is 11.2 Å². The first-order chi connectivity index (χ1) is 13.9. The van der Waals surface area contributed by atoms with Crippen molar-refractivity contribution in [1.82, 2.24) is 0 Å². The van der Waals surface area contributed by atoms with Gasteiger partial charge >= 0.3 is 0 Å². The minimum Gasteiger partial charge on any atom is -0.507 e. The fraction of sp³-hybridized carbons (Fsp3) is 0. The molecule has 0 bridgehead atoms. The van der Waals surface area contributed by atoms with Gasteiger partial charge < -0.3 is 24.8 Å². The highest BCUT2D eigenvalue weighted by molar-refractivity contribution is 6.11. The molecular weight excluding hydrogens is 372 g/mol. The largest absolute Gasteiger partial charge is 0.507 e. The number of hydrogen-bond donors (Lipinski definition) is 4. The molecule has 5 rings (SSSR count). The minimum absolute atomic E-state index is 0.0178. The molecule has 0 atom stereocenters. The summed E-state index contributed by atoms with van der Waals surface area (Å²) in [5, 5.41) is 42.8. The van der Waals surface area contributed by atoms with Crippen molar-refractivity contribution in [2.45, 2.75) is 0 Å². The molecule has 0 saturated heterocycles. The molecule has 6 heteroatoms. The Balaban J connectivity index is 2.08. The fourth-order valence-corrected chi connectivity index (χ4v) is 3.72. The quantitative estimate of drug-likeness (QED) is 0.249. The molecule has 0 radical (unpaired) electrons. The molecule has 0 amide bonds. The first-order valence-electron chi connectivity index (χ1n) is 8.80. The molecule has 4 N–H and O–H groups in total. The van der Waals surface area contributed by atoms with Gasteiger partial charge in [0.25, 0.3) is 0 Å². The van der Waals surface area contributed by atoms with E-state index in [0.717, 1.165) is 16.8 Å². The lowest BCUT2D eigenvalue weighted by Gasteiger charge is -2.18. The van der Waals surface area contributed by atoms with Gasteiger partial charge in [0.15, 0.2) is 17.2 Å².